The summed E-state index contributed by atoms with van der Waals surface area (Å²) in [6.45, 7) is 1.66. The average molecular weight is 212 g/mol. The molecule has 1 N–H and O–H groups in total. The molecule has 4 nitrogen and oxygen atoms in total. The fourth-order valence-corrected chi connectivity index (χ4v) is 2.11. The number of ether oxygens (including phenoxy) is 1. The molecule has 0 unspecified atom stereocenters. The van der Waals surface area contributed by atoms with Gasteiger partial charge in [0.15, 0.2) is 0 Å². The van der Waals surface area contributed by atoms with Crippen molar-refractivity contribution in [3.63, 3.8) is 0 Å². The van der Waals surface area contributed by atoms with Gasteiger partial charge in [-0.15, -0.1) is 0 Å². The minimum Gasteiger partial charge on any atom is -0.381 e. The number of hydrogen-bond acceptors (Lipinski definition) is 2. The Bertz CT molecular complexity index is 221. The molecule has 0 spiro atoms. The highest BCUT2D eigenvalue weighted by atomic mass is 16.5. The number of methoxy groups -OCH3 is 1. The number of urea groups is 1. The lowest BCUT2D eigenvalue weighted by Gasteiger charge is -2.34. The van der Waals surface area contributed by atoms with E-state index in [0.717, 1.165) is 38.8 Å². The summed E-state index contributed by atoms with van der Waals surface area (Å²) in [5.74, 6) is 0. The van der Waals surface area contributed by atoms with Crippen molar-refractivity contribution < 1.29 is 9.53 Å². The molecule has 0 bridgehead atoms. The zero-order chi connectivity index (χ0) is 10.7. The second-order valence-corrected chi connectivity index (χ2v) is 4.50. The quantitative estimate of drug-likeness (QED) is 0.751. The summed E-state index contributed by atoms with van der Waals surface area (Å²) in [5.41, 5.74) is 0. The second-order valence-electron chi connectivity index (χ2n) is 4.50. The molecular formula is C11H20N2O2. The number of hydrogen-bond donors (Lipinski definition) is 1. The zero-order valence-electron chi connectivity index (χ0n) is 9.37. The highest BCUT2D eigenvalue weighted by Crippen LogP contribution is 2.19. The van der Waals surface area contributed by atoms with Gasteiger partial charge in [-0.3, -0.25) is 0 Å². The molecule has 0 atom stereocenters. The average Bonchev–Trinajstić information content (AvgIpc) is 2.23. The first-order chi connectivity index (χ1) is 7.29. The van der Waals surface area contributed by atoms with Gasteiger partial charge in [-0.05, 0) is 32.1 Å². The van der Waals surface area contributed by atoms with E-state index in [2.05, 4.69) is 5.32 Å². The molecular weight excluding hydrogens is 192 g/mol. The molecule has 0 radical (unpaired) electrons. The molecule has 1 heterocycles. The molecule has 0 aromatic rings. The molecule has 86 valence electrons. The standard InChI is InChI=1S/C11H20N2O2/c1-15-10-5-7-13(8-6-10)11(14)12-9-3-2-4-9/h9-10H,2-8H2,1H3,(H,12,14). The topological polar surface area (TPSA) is 41.6 Å². The van der Waals surface area contributed by atoms with Crippen LogP contribution in [0.2, 0.25) is 0 Å². The van der Waals surface area contributed by atoms with Gasteiger partial charge in [-0.1, -0.05) is 0 Å². The van der Waals surface area contributed by atoms with Gasteiger partial charge in [-0.2, -0.15) is 0 Å². The van der Waals surface area contributed by atoms with Crippen LogP contribution in [0.1, 0.15) is 32.1 Å². The van der Waals surface area contributed by atoms with Crippen molar-refractivity contribution in [3.8, 4) is 0 Å². The third-order valence-corrected chi connectivity index (χ3v) is 3.50. The minimum atomic E-state index is 0.120. The fraction of sp³-hybridized carbons (Fsp3) is 0.909. The van der Waals surface area contributed by atoms with Crippen LogP contribution in [0.4, 0.5) is 4.79 Å². The van der Waals surface area contributed by atoms with E-state index in [1.807, 2.05) is 4.90 Å². The Morgan fingerprint density at radius 1 is 1.27 bits per heavy atom. The number of likely N-dealkylation sites (tertiary alicyclic amines) is 1. The summed E-state index contributed by atoms with van der Waals surface area (Å²) < 4.78 is 5.27. The van der Waals surface area contributed by atoms with Crippen molar-refractivity contribution >= 4 is 6.03 Å². The zero-order valence-corrected chi connectivity index (χ0v) is 9.37. The van der Waals surface area contributed by atoms with Crippen LogP contribution >= 0.6 is 0 Å². The number of nitrogens with zero attached hydrogens (tertiary/aromatic N) is 1. The number of rotatable bonds is 2. The van der Waals surface area contributed by atoms with Gasteiger partial charge in [0, 0.05) is 26.2 Å². The van der Waals surface area contributed by atoms with Crippen molar-refractivity contribution in [3.05, 3.63) is 0 Å². The van der Waals surface area contributed by atoms with Gasteiger partial charge in [0.05, 0.1) is 6.10 Å². The smallest absolute Gasteiger partial charge is 0.317 e. The molecule has 0 aromatic heterocycles. The maximum absolute atomic E-state index is 11.8. The Morgan fingerprint density at radius 3 is 2.40 bits per heavy atom. The third kappa shape index (κ3) is 2.62. The molecule has 15 heavy (non-hydrogen) atoms. The van der Waals surface area contributed by atoms with E-state index in [4.69, 9.17) is 4.74 Å². The Morgan fingerprint density at radius 2 is 1.93 bits per heavy atom. The summed E-state index contributed by atoms with van der Waals surface area (Å²) in [6.07, 6.45) is 5.85. The number of piperidine rings is 1. The van der Waals surface area contributed by atoms with E-state index in [0.29, 0.717) is 12.1 Å². The maximum atomic E-state index is 11.8. The Hall–Kier alpha value is -0.770. The summed E-state index contributed by atoms with van der Waals surface area (Å²) in [4.78, 5) is 13.7. The molecule has 2 rings (SSSR count). The van der Waals surface area contributed by atoms with Crippen molar-refractivity contribution in [2.45, 2.75) is 44.2 Å². The summed E-state index contributed by atoms with van der Waals surface area (Å²) in [7, 11) is 1.74. The first kappa shape index (κ1) is 10.7. The molecule has 1 saturated carbocycles. The molecule has 2 aliphatic rings. The molecule has 4 heteroatoms. The SMILES string of the molecule is COC1CCN(C(=O)NC2CCC2)CC1. The predicted molar refractivity (Wildman–Crippen MR) is 57.8 cm³/mol. The van der Waals surface area contributed by atoms with Crippen LogP contribution in [0.5, 0.6) is 0 Å². The van der Waals surface area contributed by atoms with Gasteiger partial charge in [0.25, 0.3) is 0 Å². The lowest BCUT2D eigenvalue weighted by Crippen LogP contribution is -2.50. The Balaban J connectivity index is 1.71. The molecule has 2 amide bonds. The number of nitrogens with one attached hydrogen (secondary N) is 1. The molecule has 2 fully saturated rings. The maximum Gasteiger partial charge on any atom is 0.317 e. The van der Waals surface area contributed by atoms with Crippen LogP contribution in [-0.2, 0) is 4.74 Å². The molecule has 1 aliphatic carbocycles. The molecule has 0 aromatic carbocycles. The fourth-order valence-electron chi connectivity index (χ4n) is 2.11. The van der Waals surface area contributed by atoms with Crippen molar-refractivity contribution in [1.29, 1.82) is 0 Å². The van der Waals surface area contributed by atoms with E-state index in [1.165, 1.54) is 6.42 Å². The third-order valence-electron chi connectivity index (χ3n) is 3.50. The van der Waals surface area contributed by atoms with Gasteiger partial charge in [-0.25, -0.2) is 4.79 Å². The van der Waals surface area contributed by atoms with E-state index >= 15 is 0 Å². The normalized spacial score (nSPS) is 23.7. The van der Waals surface area contributed by atoms with Crippen LogP contribution < -0.4 is 5.32 Å². The van der Waals surface area contributed by atoms with E-state index in [-0.39, 0.29) is 6.03 Å². The van der Waals surface area contributed by atoms with Crippen LogP contribution in [0, 0.1) is 0 Å². The van der Waals surface area contributed by atoms with Gasteiger partial charge >= 0.3 is 6.03 Å². The van der Waals surface area contributed by atoms with Crippen LogP contribution in [0.15, 0.2) is 0 Å². The van der Waals surface area contributed by atoms with Crippen molar-refractivity contribution in [2.24, 2.45) is 0 Å². The summed E-state index contributed by atoms with van der Waals surface area (Å²) >= 11 is 0. The number of carbonyl (C=O) groups excluding carboxylic acids is 1. The largest absolute Gasteiger partial charge is 0.381 e. The van der Waals surface area contributed by atoms with Gasteiger partial charge < -0.3 is 15.0 Å². The predicted octanol–water partition coefficient (Wildman–Crippen LogP) is 1.36. The van der Waals surface area contributed by atoms with Crippen molar-refractivity contribution in [1.82, 2.24) is 10.2 Å². The van der Waals surface area contributed by atoms with E-state index < -0.39 is 0 Å². The molecule has 1 saturated heterocycles. The molecule has 1 aliphatic heterocycles. The van der Waals surface area contributed by atoms with Gasteiger partial charge in [0.1, 0.15) is 0 Å². The monoisotopic (exact) mass is 212 g/mol. The van der Waals surface area contributed by atoms with Crippen molar-refractivity contribution in [2.75, 3.05) is 20.2 Å². The van der Waals surface area contributed by atoms with Crippen LogP contribution in [0.25, 0.3) is 0 Å². The van der Waals surface area contributed by atoms with Crippen LogP contribution in [0.3, 0.4) is 0 Å². The lowest BCUT2D eigenvalue weighted by atomic mass is 9.93. The minimum absolute atomic E-state index is 0.120. The number of carbonyl (C=O) groups is 1. The lowest BCUT2D eigenvalue weighted by molar-refractivity contribution is 0.0495. The Kier molecular flexibility index (Phi) is 3.46. The van der Waals surface area contributed by atoms with E-state index in [9.17, 15) is 4.79 Å². The highest BCUT2D eigenvalue weighted by Gasteiger charge is 2.25. The summed E-state index contributed by atoms with van der Waals surface area (Å²) in [6, 6.07) is 0.562. The van der Waals surface area contributed by atoms with Crippen LogP contribution in [-0.4, -0.2) is 43.3 Å². The Labute approximate surface area is 91.0 Å². The van der Waals surface area contributed by atoms with Gasteiger partial charge in [0.2, 0.25) is 0 Å². The second kappa shape index (κ2) is 4.84. The number of amides is 2. The summed E-state index contributed by atoms with van der Waals surface area (Å²) in [5, 5.41) is 3.07. The highest BCUT2D eigenvalue weighted by molar-refractivity contribution is 5.74. The first-order valence-corrected chi connectivity index (χ1v) is 5.88. The first-order valence-electron chi connectivity index (χ1n) is 5.88. The van der Waals surface area contributed by atoms with E-state index in [1.54, 1.807) is 7.11 Å².